The minimum absolute atomic E-state index is 0.118. The molecule has 1 amide bonds. The molecular weight excluding hydrogens is 244 g/mol. The third-order valence-electron chi connectivity index (χ3n) is 2.67. The van der Waals surface area contributed by atoms with E-state index in [1.807, 2.05) is 12.1 Å². The molecule has 1 unspecified atom stereocenters. The van der Waals surface area contributed by atoms with Crippen LogP contribution >= 0.6 is 11.3 Å². The lowest BCUT2D eigenvalue weighted by Gasteiger charge is -2.08. The Bertz CT molecular complexity index is 442. The lowest BCUT2D eigenvalue weighted by molar-refractivity contribution is -0.122. The lowest BCUT2D eigenvalue weighted by Crippen LogP contribution is -2.23. The highest BCUT2D eigenvalue weighted by Crippen LogP contribution is 2.15. The van der Waals surface area contributed by atoms with Gasteiger partial charge in [-0.15, -0.1) is 11.3 Å². The van der Waals surface area contributed by atoms with Crippen molar-refractivity contribution in [2.45, 2.75) is 33.2 Å². The number of hydrogen-bond donors (Lipinski definition) is 2. The van der Waals surface area contributed by atoms with Crippen molar-refractivity contribution in [3.05, 3.63) is 21.9 Å². The van der Waals surface area contributed by atoms with Crippen molar-refractivity contribution in [1.82, 2.24) is 5.32 Å². The minimum atomic E-state index is 0.118. The van der Waals surface area contributed by atoms with E-state index in [1.165, 1.54) is 0 Å². The molecule has 98 valence electrons. The normalized spacial score (nSPS) is 11.5. The molecule has 0 aliphatic heterocycles. The lowest BCUT2D eigenvalue weighted by atomic mass is 10.1. The fourth-order valence-corrected chi connectivity index (χ4v) is 2.22. The molecule has 0 fully saturated rings. The van der Waals surface area contributed by atoms with Gasteiger partial charge < -0.3 is 11.1 Å². The van der Waals surface area contributed by atoms with Crippen LogP contribution in [0, 0.1) is 17.8 Å². The Kier molecular flexibility index (Phi) is 6.48. The third kappa shape index (κ3) is 5.35. The number of hydrogen-bond acceptors (Lipinski definition) is 3. The molecule has 1 aromatic heterocycles. The summed E-state index contributed by atoms with van der Waals surface area (Å²) >= 11 is 1.60. The van der Waals surface area contributed by atoms with Gasteiger partial charge in [-0.1, -0.05) is 32.1 Å². The van der Waals surface area contributed by atoms with Crippen LogP contribution in [0.4, 0.5) is 0 Å². The van der Waals surface area contributed by atoms with E-state index in [9.17, 15) is 4.79 Å². The van der Waals surface area contributed by atoms with Gasteiger partial charge in [-0.25, -0.2) is 0 Å². The first-order valence-electron chi connectivity index (χ1n) is 6.20. The van der Waals surface area contributed by atoms with E-state index in [4.69, 9.17) is 5.73 Å². The average Bonchev–Trinajstić information content (AvgIpc) is 2.81. The smallest absolute Gasteiger partial charge is 0.220 e. The molecule has 18 heavy (non-hydrogen) atoms. The van der Waals surface area contributed by atoms with Crippen molar-refractivity contribution in [2.75, 3.05) is 6.54 Å². The maximum absolute atomic E-state index is 11.6. The van der Waals surface area contributed by atoms with E-state index in [0.29, 0.717) is 25.4 Å². The van der Waals surface area contributed by atoms with Gasteiger partial charge in [0, 0.05) is 11.3 Å². The number of carbonyl (C=O) groups is 1. The second-order valence-electron chi connectivity index (χ2n) is 4.27. The topological polar surface area (TPSA) is 55.1 Å². The van der Waals surface area contributed by atoms with Gasteiger partial charge >= 0.3 is 0 Å². The Morgan fingerprint density at radius 3 is 3.00 bits per heavy atom. The molecule has 0 radical (unpaired) electrons. The molecule has 1 heterocycles. The van der Waals surface area contributed by atoms with Crippen LogP contribution in [0.15, 0.2) is 12.1 Å². The fourth-order valence-electron chi connectivity index (χ4n) is 1.40. The maximum atomic E-state index is 11.6. The molecule has 4 heteroatoms. The molecule has 3 N–H and O–H groups in total. The molecule has 0 bridgehead atoms. The molecule has 0 spiro atoms. The summed E-state index contributed by atoms with van der Waals surface area (Å²) in [4.78, 5) is 13.7. The highest BCUT2D eigenvalue weighted by atomic mass is 32.1. The van der Waals surface area contributed by atoms with Crippen molar-refractivity contribution in [2.24, 2.45) is 11.7 Å². The summed E-state index contributed by atoms with van der Waals surface area (Å²) in [6.07, 6.45) is 1.63. The van der Waals surface area contributed by atoms with Crippen LogP contribution in [0.25, 0.3) is 0 Å². The van der Waals surface area contributed by atoms with Crippen LogP contribution in [-0.2, 0) is 11.3 Å². The number of nitrogens with two attached hydrogens (primary N) is 1. The van der Waals surface area contributed by atoms with E-state index < -0.39 is 0 Å². The monoisotopic (exact) mass is 264 g/mol. The highest BCUT2D eigenvalue weighted by molar-refractivity contribution is 7.12. The zero-order valence-electron chi connectivity index (χ0n) is 11.0. The molecule has 1 atom stereocenters. The molecule has 3 nitrogen and oxygen atoms in total. The predicted molar refractivity (Wildman–Crippen MR) is 76.2 cm³/mol. The van der Waals surface area contributed by atoms with Gasteiger partial charge in [0.1, 0.15) is 0 Å². The van der Waals surface area contributed by atoms with Crippen LogP contribution in [0.2, 0.25) is 0 Å². The van der Waals surface area contributed by atoms with Crippen molar-refractivity contribution in [3.63, 3.8) is 0 Å². The summed E-state index contributed by atoms with van der Waals surface area (Å²) < 4.78 is 0. The Labute approximate surface area is 113 Å². The standard InChI is InChI=1S/C14H20N2OS/c1-3-11(2)9-14(17)16-10-13-7-6-12(18-13)5-4-8-15/h6-7,11H,3,8-10,15H2,1-2H3,(H,16,17). The van der Waals surface area contributed by atoms with E-state index in [0.717, 1.165) is 16.2 Å². The molecular formula is C14H20N2OS. The number of thiophene rings is 1. The van der Waals surface area contributed by atoms with Gasteiger partial charge in [-0.3, -0.25) is 4.79 Å². The molecule has 0 aliphatic carbocycles. The zero-order valence-corrected chi connectivity index (χ0v) is 11.8. The summed E-state index contributed by atoms with van der Waals surface area (Å²) in [7, 11) is 0. The molecule has 0 aromatic carbocycles. The van der Waals surface area contributed by atoms with E-state index in [1.54, 1.807) is 11.3 Å². The van der Waals surface area contributed by atoms with Gasteiger partial charge in [0.25, 0.3) is 0 Å². The third-order valence-corrected chi connectivity index (χ3v) is 3.67. The summed E-state index contributed by atoms with van der Waals surface area (Å²) in [5.41, 5.74) is 5.32. The molecule has 0 saturated heterocycles. The van der Waals surface area contributed by atoms with Gasteiger partial charge in [0.2, 0.25) is 5.91 Å². The van der Waals surface area contributed by atoms with E-state index in [2.05, 4.69) is 31.0 Å². The summed E-state index contributed by atoms with van der Waals surface area (Å²) in [6.45, 7) is 5.15. The Balaban J connectivity index is 2.39. The van der Waals surface area contributed by atoms with Crippen molar-refractivity contribution in [3.8, 4) is 11.8 Å². The van der Waals surface area contributed by atoms with Crippen LogP contribution in [0.1, 0.15) is 36.4 Å². The molecule has 0 aliphatic rings. The van der Waals surface area contributed by atoms with Gasteiger partial charge in [-0.05, 0) is 18.1 Å². The zero-order chi connectivity index (χ0) is 13.4. The average molecular weight is 264 g/mol. The Morgan fingerprint density at radius 2 is 2.33 bits per heavy atom. The fraction of sp³-hybridized carbons (Fsp3) is 0.500. The maximum Gasteiger partial charge on any atom is 0.220 e. The first kappa shape index (κ1) is 14.7. The van der Waals surface area contributed by atoms with Crippen molar-refractivity contribution < 1.29 is 4.79 Å². The van der Waals surface area contributed by atoms with Crippen LogP contribution in [0.3, 0.4) is 0 Å². The second-order valence-corrected chi connectivity index (χ2v) is 5.43. The second kappa shape index (κ2) is 7.91. The Morgan fingerprint density at radius 1 is 1.56 bits per heavy atom. The van der Waals surface area contributed by atoms with Gasteiger partial charge in [0.05, 0.1) is 18.0 Å². The Hall–Kier alpha value is -1.31. The van der Waals surface area contributed by atoms with Crippen LogP contribution in [0.5, 0.6) is 0 Å². The highest BCUT2D eigenvalue weighted by Gasteiger charge is 2.07. The minimum Gasteiger partial charge on any atom is -0.351 e. The first-order chi connectivity index (χ1) is 8.65. The number of rotatable bonds is 5. The number of amides is 1. The quantitative estimate of drug-likeness (QED) is 0.800. The number of nitrogens with one attached hydrogen (secondary N) is 1. The van der Waals surface area contributed by atoms with Crippen molar-refractivity contribution >= 4 is 17.2 Å². The van der Waals surface area contributed by atoms with E-state index in [-0.39, 0.29) is 5.91 Å². The first-order valence-corrected chi connectivity index (χ1v) is 7.01. The van der Waals surface area contributed by atoms with E-state index >= 15 is 0 Å². The molecule has 1 rings (SSSR count). The largest absolute Gasteiger partial charge is 0.351 e. The predicted octanol–water partition coefficient (Wildman–Crippen LogP) is 2.11. The molecule has 0 saturated carbocycles. The van der Waals surface area contributed by atoms with Gasteiger partial charge in [0.15, 0.2) is 0 Å². The van der Waals surface area contributed by atoms with Crippen LogP contribution in [-0.4, -0.2) is 12.5 Å². The van der Waals surface area contributed by atoms with Crippen molar-refractivity contribution in [1.29, 1.82) is 0 Å². The SMILES string of the molecule is CCC(C)CC(=O)NCc1ccc(C#CCN)s1. The van der Waals surface area contributed by atoms with Crippen LogP contribution < -0.4 is 11.1 Å². The summed E-state index contributed by atoms with van der Waals surface area (Å²) in [6, 6.07) is 3.96. The van der Waals surface area contributed by atoms with Gasteiger partial charge in [-0.2, -0.15) is 0 Å². The summed E-state index contributed by atoms with van der Waals surface area (Å²) in [5, 5.41) is 2.93. The molecule has 1 aromatic rings. The number of carbonyl (C=O) groups excluding carboxylic acids is 1. The summed E-state index contributed by atoms with van der Waals surface area (Å²) in [5.74, 6) is 6.36.